The fraction of sp³-hybridized carbons (Fsp3) is 0.450. The number of carboxylic acid groups (broad SMARTS) is 1. The van der Waals surface area contributed by atoms with E-state index in [9.17, 15) is 19.5 Å². The Hall–Kier alpha value is -2.87. The topological polar surface area (TPSA) is 131 Å². The van der Waals surface area contributed by atoms with Gasteiger partial charge in [-0.1, -0.05) is 24.8 Å². The molecule has 0 bridgehead atoms. The molecule has 154 valence electrons. The summed E-state index contributed by atoms with van der Waals surface area (Å²) in [6.07, 6.45) is 3.40. The highest BCUT2D eigenvalue weighted by molar-refractivity contribution is 5.90. The van der Waals surface area contributed by atoms with Gasteiger partial charge in [-0.3, -0.25) is 9.59 Å². The van der Waals surface area contributed by atoms with Gasteiger partial charge in [0, 0.05) is 13.3 Å². The normalized spacial score (nSPS) is 12.5. The molecule has 0 saturated carbocycles. The maximum Gasteiger partial charge on any atom is 0.326 e. The van der Waals surface area contributed by atoms with Crippen molar-refractivity contribution in [3.63, 3.8) is 0 Å². The van der Waals surface area contributed by atoms with Crippen molar-refractivity contribution in [3.8, 4) is 5.75 Å². The molecule has 28 heavy (non-hydrogen) atoms. The van der Waals surface area contributed by atoms with Crippen LogP contribution in [0.3, 0.4) is 0 Å². The van der Waals surface area contributed by atoms with Crippen LogP contribution in [0.25, 0.3) is 0 Å². The lowest BCUT2D eigenvalue weighted by molar-refractivity contribution is -0.142. The Kier molecular flexibility index (Phi) is 10.3. The summed E-state index contributed by atoms with van der Waals surface area (Å²) >= 11 is 0. The third kappa shape index (κ3) is 8.68. The number of nitrogens with two attached hydrogens (primary N) is 1. The molecule has 8 nitrogen and oxygen atoms in total. The molecule has 0 heterocycles. The maximum atomic E-state index is 12.6. The number of benzene rings is 1. The summed E-state index contributed by atoms with van der Waals surface area (Å²) < 4.78 is 5.41. The van der Waals surface area contributed by atoms with Crippen LogP contribution in [0.5, 0.6) is 5.75 Å². The summed E-state index contributed by atoms with van der Waals surface area (Å²) in [5.41, 5.74) is 6.22. The van der Waals surface area contributed by atoms with Crippen molar-refractivity contribution in [3.05, 3.63) is 42.5 Å². The zero-order valence-corrected chi connectivity index (χ0v) is 16.1. The lowest BCUT2D eigenvalue weighted by Crippen LogP contribution is -2.52. The average molecular weight is 391 g/mol. The summed E-state index contributed by atoms with van der Waals surface area (Å²) in [5.74, 6) is -1.37. The summed E-state index contributed by atoms with van der Waals surface area (Å²) in [6, 6.07) is 5.19. The predicted molar refractivity (Wildman–Crippen MR) is 106 cm³/mol. The molecule has 8 heteroatoms. The van der Waals surface area contributed by atoms with Gasteiger partial charge in [-0.15, -0.1) is 0 Å². The first kappa shape index (κ1) is 23.2. The van der Waals surface area contributed by atoms with E-state index in [1.54, 1.807) is 30.3 Å². The number of amides is 2. The number of hydrogen-bond donors (Lipinski definition) is 4. The Morgan fingerprint density at radius 3 is 2.39 bits per heavy atom. The SMILES string of the molecule is C=CCOc1ccc(C[C@H](NC(C)=O)C(=O)N[C@@H](CCCCN)C(=O)O)cc1. The standard InChI is InChI=1S/C20H29N3O5/c1-3-12-28-16-9-7-15(8-10-16)13-18(22-14(2)24)19(25)23-17(20(26)27)6-4-5-11-21/h3,7-10,17-18H,1,4-6,11-13,21H2,2H3,(H,22,24)(H,23,25)(H,26,27)/t17-,18-/m0/s1. The summed E-state index contributed by atoms with van der Waals surface area (Å²) in [4.78, 5) is 35.5. The minimum Gasteiger partial charge on any atom is -0.490 e. The zero-order valence-electron chi connectivity index (χ0n) is 16.1. The molecule has 1 rings (SSSR count). The number of unbranched alkanes of at least 4 members (excludes halogenated alkanes) is 1. The van der Waals surface area contributed by atoms with E-state index in [0.29, 0.717) is 31.7 Å². The van der Waals surface area contributed by atoms with Crippen LogP contribution in [0, 0.1) is 0 Å². The van der Waals surface area contributed by atoms with Gasteiger partial charge < -0.3 is 26.2 Å². The van der Waals surface area contributed by atoms with E-state index >= 15 is 0 Å². The van der Waals surface area contributed by atoms with Crippen LogP contribution >= 0.6 is 0 Å². The number of hydrogen-bond acceptors (Lipinski definition) is 5. The molecule has 2 amide bonds. The van der Waals surface area contributed by atoms with Gasteiger partial charge >= 0.3 is 5.97 Å². The van der Waals surface area contributed by atoms with Gasteiger partial charge in [0.1, 0.15) is 24.4 Å². The van der Waals surface area contributed by atoms with Crippen LogP contribution in [0.2, 0.25) is 0 Å². The molecule has 0 radical (unpaired) electrons. The zero-order chi connectivity index (χ0) is 20.9. The van der Waals surface area contributed by atoms with Crippen LogP contribution in [0.1, 0.15) is 31.7 Å². The first-order valence-electron chi connectivity index (χ1n) is 9.20. The van der Waals surface area contributed by atoms with E-state index in [4.69, 9.17) is 10.5 Å². The minimum atomic E-state index is -1.12. The molecule has 1 aromatic carbocycles. The number of carbonyl (C=O) groups excluding carboxylic acids is 2. The van der Waals surface area contributed by atoms with Crippen LogP contribution < -0.4 is 21.1 Å². The van der Waals surface area contributed by atoms with Gasteiger partial charge in [0.2, 0.25) is 11.8 Å². The number of ether oxygens (including phenoxy) is 1. The van der Waals surface area contributed by atoms with Crippen molar-refractivity contribution < 1.29 is 24.2 Å². The Balaban J connectivity index is 2.79. The second kappa shape index (κ2) is 12.5. The van der Waals surface area contributed by atoms with E-state index < -0.39 is 24.0 Å². The highest BCUT2D eigenvalue weighted by Gasteiger charge is 2.25. The van der Waals surface area contributed by atoms with Gasteiger partial charge in [-0.2, -0.15) is 0 Å². The van der Waals surface area contributed by atoms with Gasteiger partial charge in [-0.05, 0) is 43.5 Å². The van der Waals surface area contributed by atoms with Crippen molar-refractivity contribution >= 4 is 17.8 Å². The van der Waals surface area contributed by atoms with Crippen LogP contribution in [0.15, 0.2) is 36.9 Å². The molecule has 5 N–H and O–H groups in total. The fourth-order valence-electron chi connectivity index (χ4n) is 2.59. The lowest BCUT2D eigenvalue weighted by atomic mass is 10.0. The molecular formula is C20H29N3O5. The predicted octanol–water partition coefficient (Wildman–Crippen LogP) is 0.997. The lowest BCUT2D eigenvalue weighted by Gasteiger charge is -2.21. The highest BCUT2D eigenvalue weighted by atomic mass is 16.5. The average Bonchev–Trinajstić information content (AvgIpc) is 2.65. The maximum absolute atomic E-state index is 12.6. The molecule has 0 aliphatic rings. The first-order chi connectivity index (χ1) is 13.4. The van der Waals surface area contributed by atoms with Gasteiger partial charge in [-0.25, -0.2) is 4.79 Å². The van der Waals surface area contributed by atoms with Gasteiger partial charge in [0.15, 0.2) is 0 Å². The van der Waals surface area contributed by atoms with Crippen molar-refractivity contribution in [2.75, 3.05) is 13.2 Å². The van der Waals surface area contributed by atoms with Crippen molar-refractivity contribution in [1.29, 1.82) is 0 Å². The molecule has 1 aromatic rings. The molecule has 0 aliphatic heterocycles. The van der Waals surface area contributed by atoms with E-state index in [2.05, 4.69) is 17.2 Å². The molecule has 0 aliphatic carbocycles. The van der Waals surface area contributed by atoms with Crippen molar-refractivity contribution in [2.24, 2.45) is 5.73 Å². The number of aliphatic carboxylic acids is 1. The van der Waals surface area contributed by atoms with E-state index in [1.165, 1.54) is 6.92 Å². The molecule has 0 aromatic heterocycles. The third-order valence-electron chi connectivity index (χ3n) is 3.99. The van der Waals surface area contributed by atoms with Gasteiger partial charge in [0.05, 0.1) is 0 Å². The van der Waals surface area contributed by atoms with Crippen LogP contribution in [-0.4, -0.2) is 48.1 Å². The molecule has 0 fully saturated rings. The second-order valence-corrected chi connectivity index (χ2v) is 6.38. The summed E-state index contributed by atoms with van der Waals surface area (Å²) in [6.45, 7) is 5.73. The number of rotatable bonds is 13. The van der Waals surface area contributed by atoms with E-state index in [0.717, 1.165) is 5.56 Å². The molecule has 0 spiro atoms. The van der Waals surface area contributed by atoms with E-state index in [1.807, 2.05) is 0 Å². The summed E-state index contributed by atoms with van der Waals surface area (Å²) in [7, 11) is 0. The quantitative estimate of drug-likeness (QED) is 0.293. The van der Waals surface area contributed by atoms with Crippen molar-refractivity contribution in [1.82, 2.24) is 10.6 Å². The van der Waals surface area contributed by atoms with Crippen molar-refractivity contribution in [2.45, 2.75) is 44.7 Å². The van der Waals surface area contributed by atoms with Gasteiger partial charge in [0.25, 0.3) is 0 Å². The minimum absolute atomic E-state index is 0.224. The highest BCUT2D eigenvalue weighted by Crippen LogP contribution is 2.14. The fourth-order valence-corrected chi connectivity index (χ4v) is 2.59. The Morgan fingerprint density at radius 2 is 1.86 bits per heavy atom. The molecule has 0 saturated heterocycles. The number of carbonyl (C=O) groups is 3. The molecular weight excluding hydrogens is 362 g/mol. The molecule has 0 unspecified atom stereocenters. The third-order valence-corrected chi connectivity index (χ3v) is 3.99. The Bertz CT molecular complexity index is 660. The van der Waals surface area contributed by atoms with Crippen LogP contribution in [-0.2, 0) is 20.8 Å². The smallest absolute Gasteiger partial charge is 0.326 e. The Labute approximate surface area is 165 Å². The Morgan fingerprint density at radius 1 is 1.18 bits per heavy atom. The number of carboxylic acids is 1. The second-order valence-electron chi connectivity index (χ2n) is 6.38. The molecule has 2 atom stereocenters. The summed E-state index contributed by atoms with van der Waals surface area (Å²) in [5, 5.41) is 14.4. The van der Waals surface area contributed by atoms with Crippen LogP contribution in [0.4, 0.5) is 0 Å². The monoisotopic (exact) mass is 391 g/mol. The first-order valence-corrected chi connectivity index (χ1v) is 9.20. The largest absolute Gasteiger partial charge is 0.490 e. The van der Waals surface area contributed by atoms with E-state index in [-0.39, 0.29) is 18.7 Å². The number of nitrogens with one attached hydrogen (secondary N) is 2.